The average Bonchev–Trinajstić information content (AvgIpc) is 2.90. The van der Waals surface area contributed by atoms with Gasteiger partial charge >= 0.3 is 0 Å². The van der Waals surface area contributed by atoms with Crippen molar-refractivity contribution in [3.8, 4) is 0 Å². The summed E-state index contributed by atoms with van der Waals surface area (Å²) < 4.78 is 0.620. The molecule has 0 radical (unpaired) electrons. The van der Waals surface area contributed by atoms with Gasteiger partial charge in [0.25, 0.3) is 11.6 Å². The summed E-state index contributed by atoms with van der Waals surface area (Å²) in [7, 11) is 0. The number of hydrazone groups is 1. The Morgan fingerprint density at radius 3 is 2.59 bits per heavy atom. The molecule has 1 aromatic heterocycles. The molecular formula is C13H9Cl2N3O3S. The minimum atomic E-state index is -0.587. The van der Waals surface area contributed by atoms with Crippen LogP contribution in [-0.4, -0.2) is 16.5 Å². The molecule has 0 unspecified atom stereocenters. The Labute approximate surface area is 139 Å². The molecular weight excluding hydrogens is 349 g/mol. The predicted octanol–water partition coefficient (Wildman–Crippen LogP) is 4.12. The average molecular weight is 358 g/mol. The molecule has 114 valence electrons. The van der Waals surface area contributed by atoms with Gasteiger partial charge < -0.3 is 0 Å². The number of hydrogen-bond donors (Lipinski definition) is 1. The van der Waals surface area contributed by atoms with E-state index in [1.54, 1.807) is 19.1 Å². The van der Waals surface area contributed by atoms with E-state index >= 15 is 0 Å². The van der Waals surface area contributed by atoms with Crippen LogP contribution in [0, 0.1) is 10.1 Å². The van der Waals surface area contributed by atoms with E-state index in [0.29, 0.717) is 10.0 Å². The highest BCUT2D eigenvalue weighted by atomic mass is 35.5. The molecule has 0 aliphatic rings. The van der Waals surface area contributed by atoms with E-state index in [1.165, 1.54) is 23.5 Å². The third kappa shape index (κ3) is 3.82. The third-order valence-corrected chi connectivity index (χ3v) is 4.32. The van der Waals surface area contributed by atoms with Gasteiger partial charge in [0, 0.05) is 12.1 Å². The van der Waals surface area contributed by atoms with Crippen LogP contribution in [0.25, 0.3) is 0 Å². The van der Waals surface area contributed by atoms with Gasteiger partial charge in [0.15, 0.2) is 0 Å². The number of rotatable bonds is 4. The highest BCUT2D eigenvalue weighted by Crippen LogP contribution is 2.23. The van der Waals surface area contributed by atoms with Gasteiger partial charge in [-0.1, -0.05) is 23.2 Å². The molecule has 0 saturated carbocycles. The number of nitrogens with zero attached hydrogens (tertiary/aromatic N) is 2. The molecule has 0 spiro atoms. The Morgan fingerprint density at radius 1 is 1.32 bits per heavy atom. The first-order valence-electron chi connectivity index (χ1n) is 5.93. The van der Waals surface area contributed by atoms with Crippen LogP contribution in [0.3, 0.4) is 0 Å². The van der Waals surface area contributed by atoms with Crippen molar-refractivity contribution in [2.45, 2.75) is 6.92 Å². The lowest BCUT2D eigenvalue weighted by Crippen LogP contribution is -2.19. The van der Waals surface area contributed by atoms with Gasteiger partial charge in [0.1, 0.15) is 0 Å². The van der Waals surface area contributed by atoms with Gasteiger partial charge in [-0.05, 0) is 25.1 Å². The van der Waals surface area contributed by atoms with Crippen LogP contribution >= 0.6 is 34.5 Å². The van der Waals surface area contributed by atoms with Crippen LogP contribution < -0.4 is 5.43 Å². The number of benzene rings is 1. The zero-order valence-electron chi connectivity index (χ0n) is 11.2. The van der Waals surface area contributed by atoms with Crippen molar-refractivity contribution in [2.24, 2.45) is 5.10 Å². The minimum Gasteiger partial charge on any atom is -0.267 e. The maximum atomic E-state index is 12.0. The Kier molecular flexibility index (Phi) is 5.12. The van der Waals surface area contributed by atoms with Gasteiger partial charge in [0.05, 0.1) is 30.4 Å². The van der Waals surface area contributed by atoms with E-state index in [-0.39, 0.29) is 16.3 Å². The second-order valence-electron chi connectivity index (χ2n) is 4.16. The molecule has 0 aliphatic heterocycles. The fourth-order valence-electron chi connectivity index (χ4n) is 1.56. The van der Waals surface area contributed by atoms with Crippen molar-refractivity contribution >= 4 is 51.8 Å². The number of amides is 1. The van der Waals surface area contributed by atoms with Crippen LogP contribution in [0.15, 0.2) is 35.4 Å². The predicted molar refractivity (Wildman–Crippen MR) is 87.1 cm³/mol. The maximum absolute atomic E-state index is 12.0. The first-order chi connectivity index (χ1) is 10.4. The van der Waals surface area contributed by atoms with E-state index in [2.05, 4.69) is 10.5 Å². The molecule has 1 heterocycles. The molecule has 0 bridgehead atoms. The van der Waals surface area contributed by atoms with Crippen LogP contribution in [0.1, 0.15) is 22.2 Å². The van der Waals surface area contributed by atoms with Crippen molar-refractivity contribution in [2.75, 3.05) is 0 Å². The van der Waals surface area contributed by atoms with Gasteiger partial charge in [0.2, 0.25) is 0 Å². The van der Waals surface area contributed by atoms with Crippen molar-refractivity contribution in [3.63, 3.8) is 0 Å². The summed E-state index contributed by atoms with van der Waals surface area (Å²) in [6.45, 7) is 1.72. The maximum Gasteiger partial charge on any atom is 0.272 e. The zero-order valence-corrected chi connectivity index (χ0v) is 13.5. The number of nitro groups is 1. The molecule has 22 heavy (non-hydrogen) atoms. The van der Waals surface area contributed by atoms with E-state index in [4.69, 9.17) is 23.2 Å². The first-order valence-corrected chi connectivity index (χ1v) is 7.50. The van der Waals surface area contributed by atoms with Crippen molar-refractivity contribution < 1.29 is 9.72 Å². The number of nitro benzene ring substituents is 1. The van der Waals surface area contributed by atoms with E-state index in [9.17, 15) is 14.9 Å². The number of thiophene rings is 1. The molecule has 2 rings (SSSR count). The Bertz CT molecular complexity index is 774. The largest absolute Gasteiger partial charge is 0.272 e. The lowest BCUT2D eigenvalue weighted by atomic mass is 10.2. The molecule has 0 fully saturated rings. The van der Waals surface area contributed by atoms with Crippen molar-refractivity contribution in [1.82, 2.24) is 5.43 Å². The summed E-state index contributed by atoms with van der Waals surface area (Å²) in [5.74, 6) is -0.554. The number of carbonyl (C=O) groups is 1. The minimum absolute atomic E-state index is 0.0151. The van der Waals surface area contributed by atoms with Gasteiger partial charge in [-0.25, -0.2) is 5.43 Å². The molecule has 0 atom stereocenters. The summed E-state index contributed by atoms with van der Waals surface area (Å²) in [6.07, 6.45) is 0. The van der Waals surface area contributed by atoms with Gasteiger partial charge in [-0.15, -0.1) is 11.3 Å². The monoisotopic (exact) mass is 357 g/mol. The molecule has 9 heteroatoms. The normalized spacial score (nSPS) is 11.3. The quantitative estimate of drug-likeness (QED) is 0.507. The van der Waals surface area contributed by atoms with Gasteiger partial charge in [-0.2, -0.15) is 5.10 Å². The molecule has 1 aromatic carbocycles. The highest BCUT2D eigenvalue weighted by Gasteiger charge is 2.14. The van der Waals surface area contributed by atoms with Crippen LogP contribution in [0.5, 0.6) is 0 Å². The van der Waals surface area contributed by atoms with Crippen LogP contribution in [0.2, 0.25) is 9.36 Å². The number of nitrogens with one attached hydrogen (secondary N) is 1. The molecule has 0 aliphatic carbocycles. The van der Waals surface area contributed by atoms with Crippen LogP contribution in [0.4, 0.5) is 5.69 Å². The highest BCUT2D eigenvalue weighted by molar-refractivity contribution is 7.18. The fraction of sp³-hybridized carbons (Fsp3) is 0.0769. The lowest BCUT2D eigenvalue weighted by molar-refractivity contribution is -0.384. The third-order valence-electron chi connectivity index (χ3n) is 2.66. The number of non-ortho nitro benzene ring substituents is 1. The second kappa shape index (κ2) is 6.87. The summed E-state index contributed by atoms with van der Waals surface area (Å²) >= 11 is 13.0. The first kappa shape index (κ1) is 16.4. The van der Waals surface area contributed by atoms with Crippen molar-refractivity contribution in [3.05, 3.63) is 60.2 Å². The second-order valence-corrected chi connectivity index (χ2v) is 6.29. The van der Waals surface area contributed by atoms with Crippen molar-refractivity contribution in [1.29, 1.82) is 0 Å². The fourth-order valence-corrected chi connectivity index (χ4v) is 2.81. The SMILES string of the molecule is CC(=NNC(=O)c1ccc([N+](=O)[O-])cc1Cl)c1ccc(Cl)s1. The topological polar surface area (TPSA) is 84.6 Å². The standard InChI is InChI=1S/C13H9Cl2N3O3S/c1-7(11-4-5-12(15)22-11)16-17-13(19)9-3-2-8(18(20)21)6-10(9)14/h2-6H,1H3,(H,17,19). The Hall–Kier alpha value is -1.96. The lowest BCUT2D eigenvalue weighted by Gasteiger charge is -2.03. The van der Waals surface area contributed by atoms with E-state index in [1.807, 2.05) is 0 Å². The zero-order chi connectivity index (χ0) is 16.3. The summed E-state index contributed by atoms with van der Waals surface area (Å²) in [6, 6.07) is 7.12. The van der Waals surface area contributed by atoms with Crippen LogP contribution in [-0.2, 0) is 0 Å². The van der Waals surface area contributed by atoms with E-state index in [0.717, 1.165) is 10.9 Å². The Morgan fingerprint density at radius 2 is 2.05 bits per heavy atom. The molecule has 0 saturated heterocycles. The Balaban J connectivity index is 2.14. The molecule has 6 nitrogen and oxygen atoms in total. The van der Waals surface area contributed by atoms with Gasteiger partial charge in [-0.3, -0.25) is 14.9 Å². The number of halogens is 2. The summed E-state index contributed by atoms with van der Waals surface area (Å²) in [4.78, 5) is 22.8. The molecule has 1 N–H and O–H groups in total. The smallest absolute Gasteiger partial charge is 0.267 e. The molecule has 2 aromatic rings. The molecule has 1 amide bonds. The number of carbonyl (C=O) groups excluding carboxylic acids is 1. The summed E-state index contributed by atoms with van der Waals surface area (Å²) in [5.41, 5.74) is 2.86. The summed E-state index contributed by atoms with van der Waals surface area (Å²) in [5, 5.41) is 14.6. The van der Waals surface area contributed by atoms with E-state index < -0.39 is 10.8 Å². The number of hydrogen-bond acceptors (Lipinski definition) is 5.